The van der Waals surface area contributed by atoms with Crippen LogP contribution in [0.1, 0.15) is 10.4 Å². The fraction of sp³-hybridized carbons (Fsp3) is 0.286. The molecule has 19 heavy (non-hydrogen) atoms. The van der Waals surface area contributed by atoms with Gasteiger partial charge in [0.1, 0.15) is 17.4 Å². The van der Waals surface area contributed by atoms with Crippen molar-refractivity contribution in [1.82, 2.24) is 5.32 Å². The smallest absolute Gasteiger partial charge is 0.139 e. The highest BCUT2D eigenvalue weighted by Gasteiger charge is 2.05. The summed E-state index contributed by atoms with van der Waals surface area (Å²) < 4.78 is 5.59. The Balaban J connectivity index is 1.72. The average molecular weight is 316 g/mol. The lowest BCUT2D eigenvalue weighted by Crippen LogP contribution is -2.20. The first-order valence-corrected chi connectivity index (χ1v) is 7.62. The van der Waals surface area contributed by atoms with Crippen LogP contribution < -0.4 is 10.1 Å². The topological polar surface area (TPSA) is 21.3 Å². The molecule has 1 N–H and O–H groups in total. The van der Waals surface area contributed by atoms with Gasteiger partial charge < -0.3 is 10.1 Å². The van der Waals surface area contributed by atoms with E-state index in [-0.39, 0.29) is 0 Å². The Labute approximate surface area is 127 Å². The number of thiophene rings is 1. The van der Waals surface area contributed by atoms with Crippen LogP contribution in [0.3, 0.4) is 0 Å². The zero-order valence-corrected chi connectivity index (χ0v) is 12.9. The SMILES string of the molecule is Cc1ccsc1CNCCOc1cccc(Cl)c1Cl. The summed E-state index contributed by atoms with van der Waals surface area (Å²) >= 11 is 13.7. The van der Waals surface area contributed by atoms with E-state index in [1.54, 1.807) is 17.4 Å². The molecule has 0 amide bonds. The molecule has 0 radical (unpaired) electrons. The van der Waals surface area contributed by atoms with Crippen molar-refractivity contribution in [2.24, 2.45) is 0 Å². The van der Waals surface area contributed by atoms with Crippen LogP contribution in [0.2, 0.25) is 10.0 Å². The molecule has 1 aromatic heterocycles. The van der Waals surface area contributed by atoms with Gasteiger partial charge in [-0.2, -0.15) is 0 Å². The van der Waals surface area contributed by atoms with E-state index < -0.39 is 0 Å². The van der Waals surface area contributed by atoms with Crippen LogP contribution in [-0.4, -0.2) is 13.2 Å². The van der Waals surface area contributed by atoms with E-state index in [0.29, 0.717) is 22.4 Å². The van der Waals surface area contributed by atoms with Crippen LogP contribution in [0.4, 0.5) is 0 Å². The van der Waals surface area contributed by atoms with Crippen LogP contribution in [0.15, 0.2) is 29.6 Å². The summed E-state index contributed by atoms with van der Waals surface area (Å²) in [6, 6.07) is 7.52. The lowest BCUT2D eigenvalue weighted by atomic mass is 10.3. The summed E-state index contributed by atoms with van der Waals surface area (Å²) in [4.78, 5) is 1.36. The maximum atomic E-state index is 6.03. The molecular weight excluding hydrogens is 301 g/mol. The molecule has 0 spiro atoms. The zero-order valence-electron chi connectivity index (χ0n) is 10.6. The maximum absolute atomic E-state index is 6.03. The Kier molecular flexibility index (Phi) is 5.52. The van der Waals surface area contributed by atoms with E-state index in [1.807, 2.05) is 12.1 Å². The Morgan fingerprint density at radius 3 is 2.84 bits per heavy atom. The van der Waals surface area contributed by atoms with Gasteiger partial charge >= 0.3 is 0 Å². The number of halogens is 2. The fourth-order valence-corrected chi connectivity index (χ4v) is 2.84. The van der Waals surface area contributed by atoms with Gasteiger partial charge in [0.15, 0.2) is 0 Å². The minimum atomic E-state index is 0.471. The number of benzene rings is 1. The summed E-state index contributed by atoms with van der Waals surface area (Å²) in [6.07, 6.45) is 0. The van der Waals surface area contributed by atoms with Gasteiger partial charge in [0.05, 0.1) is 5.02 Å². The van der Waals surface area contributed by atoms with Crippen molar-refractivity contribution < 1.29 is 4.74 Å². The van der Waals surface area contributed by atoms with E-state index in [9.17, 15) is 0 Å². The summed E-state index contributed by atoms with van der Waals surface area (Å²) in [7, 11) is 0. The molecule has 0 aliphatic heterocycles. The van der Waals surface area contributed by atoms with E-state index >= 15 is 0 Å². The minimum Gasteiger partial charge on any atom is -0.491 e. The molecule has 5 heteroatoms. The van der Waals surface area contributed by atoms with Gasteiger partial charge in [0.25, 0.3) is 0 Å². The van der Waals surface area contributed by atoms with Gasteiger partial charge in [-0.25, -0.2) is 0 Å². The lowest BCUT2D eigenvalue weighted by Gasteiger charge is -2.09. The van der Waals surface area contributed by atoms with Crippen molar-refractivity contribution in [3.05, 3.63) is 50.1 Å². The number of aryl methyl sites for hydroxylation is 1. The molecule has 0 bridgehead atoms. The molecular formula is C14H15Cl2NOS. The number of ether oxygens (including phenoxy) is 1. The molecule has 2 nitrogen and oxygen atoms in total. The van der Waals surface area contributed by atoms with Crippen molar-refractivity contribution in [2.45, 2.75) is 13.5 Å². The summed E-state index contributed by atoms with van der Waals surface area (Å²) in [6.45, 7) is 4.32. The number of rotatable bonds is 6. The first kappa shape index (κ1) is 14.7. The van der Waals surface area contributed by atoms with Crippen molar-refractivity contribution in [1.29, 1.82) is 0 Å². The van der Waals surface area contributed by atoms with E-state index in [0.717, 1.165) is 13.1 Å². The van der Waals surface area contributed by atoms with Crippen LogP contribution in [0.25, 0.3) is 0 Å². The molecule has 2 aromatic rings. The molecule has 0 aliphatic carbocycles. The van der Waals surface area contributed by atoms with Gasteiger partial charge in [-0.15, -0.1) is 11.3 Å². The molecule has 0 saturated heterocycles. The Morgan fingerprint density at radius 2 is 2.11 bits per heavy atom. The number of nitrogens with one attached hydrogen (secondary N) is 1. The minimum absolute atomic E-state index is 0.471. The predicted octanol–water partition coefficient (Wildman–Crippen LogP) is 4.53. The second-order valence-corrected chi connectivity index (χ2v) is 5.89. The Hall–Kier alpha value is -0.740. The van der Waals surface area contributed by atoms with Gasteiger partial charge in [-0.05, 0) is 36.1 Å². The highest BCUT2D eigenvalue weighted by molar-refractivity contribution is 7.10. The molecule has 0 saturated carbocycles. The lowest BCUT2D eigenvalue weighted by molar-refractivity contribution is 0.314. The normalized spacial score (nSPS) is 10.7. The molecule has 0 unspecified atom stereocenters. The zero-order chi connectivity index (χ0) is 13.7. The van der Waals surface area contributed by atoms with Gasteiger partial charge in [-0.1, -0.05) is 29.3 Å². The summed E-state index contributed by atoms with van der Waals surface area (Å²) in [5.74, 6) is 0.628. The Bertz CT molecular complexity index is 542. The largest absolute Gasteiger partial charge is 0.491 e. The second kappa shape index (κ2) is 7.15. The molecule has 2 rings (SSSR count). The molecule has 0 fully saturated rings. The van der Waals surface area contributed by atoms with Crippen molar-refractivity contribution in [3.63, 3.8) is 0 Å². The quantitative estimate of drug-likeness (QED) is 0.791. The van der Waals surface area contributed by atoms with Gasteiger partial charge in [0, 0.05) is 18.0 Å². The third-order valence-corrected chi connectivity index (χ3v) is 4.53. The number of hydrogen-bond acceptors (Lipinski definition) is 3. The highest BCUT2D eigenvalue weighted by Crippen LogP contribution is 2.31. The third-order valence-electron chi connectivity index (χ3n) is 2.71. The molecule has 102 valence electrons. The van der Waals surface area contributed by atoms with Crippen LogP contribution in [0.5, 0.6) is 5.75 Å². The molecule has 0 aliphatic rings. The van der Waals surface area contributed by atoms with E-state index in [4.69, 9.17) is 27.9 Å². The van der Waals surface area contributed by atoms with Crippen molar-refractivity contribution in [2.75, 3.05) is 13.2 Å². The van der Waals surface area contributed by atoms with Crippen molar-refractivity contribution >= 4 is 34.5 Å². The summed E-state index contributed by atoms with van der Waals surface area (Å²) in [5, 5.41) is 6.43. The van der Waals surface area contributed by atoms with Crippen LogP contribution in [0, 0.1) is 6.92 Å². The first-order valence-electron chi connectivity index (χ1n) is 5.99. The number of hydrogen-bond donors (Lipinski definition) is 1. The van der Waals surface area contributed by atoms with Crippen LogP contribution in [-0.2, 0) is 6.54 Å². The van der Waals surface area contributed by atoms with Crippen molar-refractivity contribution in [3.8, 4) is 5.75 Å². The van der Waals surface area contributed by atoms with Crippen LogP contribution >= 0.6 is 34.5 Å². The standard InChI is InChI=1S/C14H15Cl2NOS/c1-10-5-8-19-13(10)9-17-6-7-18-12-4-2-3-11(15)14(12)16/h2-5,8,17H,6-7,9H2,1H3. The maximum Gasteiger partial charge on any atom is 0.139 e. The highest BCUT2D eigenvalue weighted by atomic mass is 35.5. The fourth-order valence-electron chi connectivity index (χ4n) is 1.62. The van der Waals surface area contributed by atoms with E-state index in [1.165, 1.54) is 10.4 Å². The first-order chi connectivity index (χ1) is 9.18. The third kappa shape index (κ3) is 4.11. The van der Waals surface area contributed by atoms with E-state index in [2.05, 4.69) is 23.7 Å². The van der Waals surface area contributed by atoms with Gasteiger partial charge in [0.2, 0.25) is 0 Å². The van der Waals surface area contributed by atoms with Gasteiger partial charge in [-0.3, -0.25) is 0 Å². The summed E-state index contributed by atoms with van der Waals surface area (Å²) in [5.41, 5.74) is 1.33. The second-order valence-electron chi connectivity index (χ2n) is 4.10. The molecule has 0 atom stereocenters. The average Bonchev–Trinajstić information content (AvgIpc) is 2.80. The predicted molar refractivity (Wildman–Crippen MR) is 82.7 cm³/mol. The Morgan fingerprint density at radius 1 is 1.26 bits per heavy atom. The monoisotopic (exact) mass is 315 g/mol. The molecule has 1 heterocycles. The molecule has 1 aromatic carbocycles.